The van der Waals surface area contributed by atoms with E-state index in [0.29, 0.717) is 0 Å². The highest BCUT2D eigenvalue weighted by Gasteiger charge is 2.09. The number of hydrogen-bond acceptors (Lipinski definition) is 3. The smallest absolute Gasteiger partial charge is 0.0972 e. The molecule has 0 atom stereocenters. The van der Waals surface area contributed by atoms with Crippen molar-refractivity contribution in [3.63, 3.8) is 0 Å². The zero-order chi connectivity index (χ0) is 18.8. The highest BCUT2D eigenvalue weighted by molar-refractivity contribution is 6.06. The van der Waals surface area contributed by atoms with E-state index in [-0.39, 0.29) is 0 Å². The molecule has 0 fully saturated rings. The summed E-state index contributed by atoms with van der Waals surface area (Å²) in [5.41, 5.74) is 7.35. The van der Waals surface area contributed by atoms with Gasteiger partial charge in [0.2, 0.25) is 0 Å². The molecule has 0 spiro atoms. The Bertz CT molecular complexity index is 1140. The lowest BCUT2D eigenvalue weighted by Crippen LogP contribution is -2.00. The maximum absolute atomic E-state index is 4.99. The van der Waals surface area contributed by atoms with Crippen LogP contribution >= 0.6 is 0 Å². The minimum absolute atomic E-state index is 0.897. The van der Waals surface area contributed by atoms with Gasteiger partial charge in [0.15, 0.2) is 0 Å². The van der Waals surface area contributed by atoms with Gasteiger partial charge in [0.1, 0.15) is 0 Å². The summed E-state index contributed by atoms with van der Waals surface area (Å²) in [6.07, 6.45) is 3.77. The number of hydrogen-bond donors (Lipinski definition) is 0. The Morgan fingerprint density at radius 2 is 1.48 bits per heavy atom. The van der Waals surface area contributed by atoms with Crippen LogP contribution in [0, 0.1) is 0 Å². The first-order valence-electron chi connectivity index (χ1n) is 9.52. The fourth-order valence-corrected chi connectivity index (χ4v) is 3.51. The molecule has 134 valence electrons. The van der Waals surface area contributed by atoms with Gasteiger partial charge < -0.3 is 0 Å². The number of pyridine rings is 2. The summed E-state index contributed by atoms with van der Waals surface area (Å²) in [7, 11) is 0. The average Bonchev–Trinajstić information content (AvgIpc) is 2.73. The highest BCUT2D eigenvalue weighted by atomic mass is 14.8. The first-order valence-corrected chi connectivity index (χ1v) is 9.52. The number of nitrogens with zero attached hydrogens (tertiary/aromatic N) is 3. The lowest BCUT2D eigenvalue weighted by atomic mass is 10.0. The van der Waals surface area contributed by atoms with E-state index in [1.165, 1.54) is 11.1 Å². The van der Waals surface area contributed by atoms with Crippen LogP contribution in [0.5, 0.6) is 0 Å². The van der Waals surface area contributed by atoms with Crippen molar-refractivity contribution < 1.29 is 0 Å². The van der Waals surface area contributed by atoms with Gasteiger partial charge in [-0.2, -0.15) is 0 Å². The van der Waals surface area contributed by atoms with E-state index in [1.807, 2.05) is 19.2 Å². The van der Waals surface area contributed by atoms with E-state index >= 15 is 0 Å². The molecule has 0 radical (unpaired) electrons. The van der Waals surface area contributed by atoms with Crippen molar-refractivity contribution in [1.29, 1.82) is 0 Å². The Kier molecular flexibility index (Phi) is 4.68. The minimum Gasteiger partial charge on any atom is -0.254 e. The average molecular weight is 353 g/mol. The third-order valence-electron chi connectivity index (χ3n) is 5.05. The molecule has 2 aromatic heterocycles. The predicted octanol–water partition coefficient (Wildman–Crippen LogP) is 6.05. The molecule has 0 N–H and O–H groups in total. The number of rotatable bonds is 4. The summed E-state index contributed by atoms with van der Waals surface area (Å²) in [4.78, 5) is 14.5. The molecule has 27 heavy (non-hydrogen) atoms. The molecule has 0 aliphatic heterocycles. The van der Waals surface area contributed by atoms with Crippen LogP contribution in [-0.2, 0) is 12.8 Å². The second kappa shape index (κ2) is 7.28. The van der Waals surface area contributed by atoms with Crippen molar-refractivity contribution in [3.8, 4) is 0 Å². The molecule has 0 unspecified atom stereocenters. The van der Waals surface area contributed by atoms with Gasteiger partial charge in [0, 0.05) is 17.0 Å². The molecular formula is C24H23N3. The van der Waals surface area contributed by atoms with Crippen LogP contribution < -0.4 is 0 Å². The van der Waals surface area contributed by atoms with E-state index in [0.717, 1.165) is 51.7 Å². The molecule has 2 aromatic carbocycles. The zero-order valence-corrected chi connectivity index (χ0v) is 16.0. The molecule has 3 heteroatoms. The standard InChI is InChI=1S/C24H23N3/c1-4-17-8-6-9-18(5-2)22(17)26-16(3)21-14-13-20-12-11-19-10-7-15-25-23(19)24(20)27-21/h6-15H,4-5H2,1-3H3/b26-16+. The molecule has 2 heterocycles. The number of benzene rings is 2. The summed E-state index contributed by atoms with van der Waals surface area (Å²) in [5, 5.41) is 2.20. The highest BCUT2D eigenvalue weighted by Crippen LogP contribution is 2.27. The number of aliphatic imine (C=N–C) groups is 1. The van der Waals surface area contributed by atoms with Crippen LogP contribution in [0.25, 0.3) is 21.8 Å². The number of aryl methyl sites for hydroxylation is 2. The summed E-state index contributed by atoms with van der Waals surface area (Å²) in [5.74, 6) is 0. The second-order valence-corrected chi connectivity index (χ2v) is 6.74. The normalized spacial score (nSPS) is 12.0. The molecule has 4 rings (SSSR count). The van der Waals surface area contributed by atoms with Gasteiger partial charge in [-0.05, 0) is 43.0 Å². The van der Waals surface area contributed by atoms with E-state index in [2.05, 4.69) is 67.4 Å². The fraction of sp³-hybridized carbons (Fsp3) is 0.208. The molecule has 3 nitrogen and oxygen atoms in total. The van der Waals surface area contributed by atoms with Gasteiger partial charge in [0.25, 0.3) is 0 Å². The topological polar surface area (TPSA) is 38.1 Å². The van der Waals surface area contributed by atoms with Crippen molar-refractivity contribution in [1.82, 2.24) is 9.97 Å². The van der Waals surface area contributed by atoms with Crippen LogP contribution in [0.15, 0.2) is 65.8 Å². The third kappa shape index (κ3) is 3.21. The van der Waals surface area contributed by atoms with Crippen LogP contribution in [-0.4, -0.2) is 15.7 Å². The van der Waals surface area contributed by atoms with Crippen LogP contribution in [0.4, 0.5) is 5.69 Å². The lowest BCUT2D eigenvalue weighted by Gasteiger charge is -2.10. The van der Waals surface area contributed by atoms with Crippen molar-refractivity contribution in [2.75, 3.05) is 0 Å². The number of fused-ring (bicyclic) bond motifs is 3. The van der Waals surface area contributed by atoms with Gasteiger partial charge in [-0.3, -0.25) is 9.98 Å². The summed E-state index contributed by atoms with van der Waals surface area (Å²) >= 11 is 0. The Hall–Kier alpha value is -3.07. The number of aromatic nitrogens is 2. The molecule has 0 amide bonds. The minimum atomic E-state index is 0.897. The predicted molar refractivity (Wildman–Crippen MR) is 114 cm³/mol. The summed E-state index contributed by atoms with van der Waals surface area (Å²) < 4.78 is 0. The molecule has 0 aliphatic carbocycles. The monoisotopic (exact) mass is 353 g/mol. The third-order valence-corrected chi connectivity index (χ3v) is 5.05. The zero-order valence-electron chi connectivity index (χ0n) is 16.0. The fourth-order valence-electron chi connectivity index (χ4n) is 3.51. The Labute approximate surface area is 159 Å². The molecule has 0 saturated heterocycles. The van der Waals surface area contributed by atoms with Crippen molar-refractivity contribution in [3.05, 3.63) is 77.6 Å². The summed E-state index contributed by atoms with van der Waals surface area (Å²) in [6, 6.07) is 18.8. The first-order chi connectivity index (χ1) is 13.2. The first kappa shape index (κ1) is 17.3. The Morgan fingerprint density at radius 1 is 0.815 bits per heavy atom. The van der Waals surface area contributed by atoms with E-state index in [4.69, 9.17) is 9.98 Å². The van der Waals surface area contributed by atoms with E-state index in [9.17, 15) is 0 Å². The van der Waals surface area contributed by atoms with E-state index in [1.54, 1.807) is 0 Å². The quantitative estimate of drug-likeness (QED) is 0.331. The molecule has 0 saturated carbocycles. The van der Waals surface area contributed by atoms with Gasteiger partial charge in [-0.25, -0.2) is 4.98 Å². The Morgan fingerprint density at radius 3 is 2.19 bits per heavy atom. The second-order valence-electron chi connectivity index (χ2n) is 6.74. The summed E-state index contributed by atoms with van der Waals surface area (Å²) in [6.45, 7) is 6.39. The maximum Gasteiger partial charge on any atom is 0.0972 e. The number of para-hydroxylation sites is 1. The largest absolute Gasteiger partial charge is 0.254 e. The van der Waals surface area contributed by atoms with Crippen LogP contribution in [0.3, 0.4) is 0 Å². The Balaban J connectivity index is 1.87. The van der Waals surface area contributed by atoms with Gasteiger partial charge in [-0.1, -0.05) is 56.3 Å². The SMILES string of the molecule is CCc1cccc(CC)c1/N=C(\C)c1ccc2ccc3cccnc3c2n1. The molecule has 0 aliphatic rings. The van der Waals surface area contributed by atoms with Gasteiger partial charge >= 0.3 is 0 Å². The van der Waals surface area contributed by atoms with E-state index < -0.39 is 0 Å². The van der Waals surface area contributed by atoms with Gasteiger partial charge in [0.05, 0.1) is 28.1 Å². The maximum atomic E-state index is 4.99. The molecule has 0 bridgehead atoms. The molecular weight excluding hydrogens is 330 g/mol. The van der Waals surface area contributed by atoms with Crippen LogP contribution in [0.1, 0.15) is 37.6 Å². The lowest BCUT2D eigenvalue weighted by molar-refractivity contribution is 1.08. The van der Waals surface area contributed by atoms with Crippen LogP contribution in [0.2, 0.25) is 0 Å². The van der Waals surface area contributed by atoms with Crippen molar-refractivity contribution >= 4 is 33.2 Å². The molecule has 4 aromatic rings. The van der Waals surface area contributed by atoms with Crippen molar-refractivity contribution in [2.24, 2.45) is 4.99 Å². The van der Waals surface area contributed by atoms with Gasteiger partial charge in [-0.15, -0.1) is 0 Å². The van der Waals surface area contributed by atoms with Crippen molar-refractivity contribution in [2.45, 2.75) is 33.6 Å².